The zero-order valence-corrected chi connectivity index (χ0v) is 13.3. The normalized spacial score (nSPS) is 43.7. The Morgan fingerprint density at radius 3 is 1.89 bits per heavy atom. The Balaban J connectivity index is 1.64. The Kier molecular flexibility index (Phi) is 3.68. The molecule has 4 bridgehead atoms. The van der Waals surface area contributed by atoms with Crippen LogP contribution in [0.2, 0.25) is 0 Å². The summed E-state index contributed by atoms with van der Waals surface area (Å²) in [6.07, 6.45) is 9.21. The van der Waals surface area contributed by atoms with Gasteiger partial charge in [0.25, 0.3) is 0 Å². The minimum absolute atomic E-state index is 0.609. The molecule has 0 aliphatic heterocycles. The molecule has 2 nitrogen and oxygen atoms in total. The van der Waals surface area contributed by atoms with Crippen molar-refractivity contribution in [2.75, 3.05) is 20.6 Å². The standard InChI is InChI=1S/C17H32N2/c1-12(11-19(3)4)18-13(2)17-8-14-5-15(9-17)7-16(6-14)10-17/h12-16,18H,5-11H2,1-4H3. The average molecular weight is 264 g/mol. The first-order valence-electron chi connectivity index (χ1n) is 8.37. The van der Waals surface area contributed by atoms with E-state index in [-0.39, 0.29) is 0 Å². The third kappa shape index (κ3) is 2.71. The molecule has 0 radical (unpaired) electrons. The lowest BCUT2D eigenvalue weighted by Crippen LogP contribution is -2.57. The Labute approximate surface area is 119 Å². The van der Waals surface area contributed by atoms with E-state index in [0.717, 1.165) is 24.3 Å². The van der Waals surface area contributed by atoms with Gasteiger partial charge < -0.3 is 10.2 Å². The van der Waals surface area contributed by atoms with Crippen molar-refractivity contribution in [2.24, 2.45) is 23.2 Å². The van der Waals surface area contributed by atoms with E-state index in [2.05, 4.69) is 38.2 Å². The van der Waals surface area contributed by atoms with Crippen molar-refractivity contribution in [1.29, 1.82) is 0 Å². The van der Waals surface area contributed by atoms with Crippen LogP contribution in [0.1, 0.15) is 52.4 Å². The van der Waals surface area contributed by atoms with Crippen molar-refractivity contribution in [2.45, 2.75) is 64.5 Å². The van der Waals surface area contributed by atoms with Crippen LogP contribution in [-0.2, 0) is 0 Å². The first kappa shape index (κ1) is 13.9. The van der Waals surface area contributed by atoms with Crippen LogP contribution >= 0.6 is 0 Å². The number of hydrogen-bond donors (Lipinski definition) is 1. The maximum absolute atomic E-state index is 3.93. The highest BCUT2D eigenvalue weighted by atomic mass is 15.1. The van der Waals surface area contributed by atoms with Gasteiger partial charge in [-0.3, -0.25) is 0 Å². The highest BCUT2D eigenvalue weighted by Crippen LogP contribution is 2.61. The average Bonchev–Trinajstić information content (AvgIpc) is 2.25. The third-order valence-electron chi connectivity index (χ3n) is 6.18. The fraction of sp³-hybridized carbons (Fsp3) is 1.00. The molecule has 0 heterocycles. The Hall–Kier alpha value is -0.0800. The van der Waals surface area contributed by atoms with Gasteiger partial charge in [-0.1, -0.05) is 0 Å². The number of nitrogens with one attached hydrogen (secondary N) is 1. The van der Waals surface area contributed by atoms with Gasteiger partial charge in [-0.2, -0.15) is 0 Å². The first-order valence-corrected chi connectivity index (χ1v) is 8.37. The van der Waals surface area contributed by atoms with Crippen LogP contribution in [0.25, 0.3) is 0 Å². The largest absolute Gasteiger partial charge is 0.310 e. The molecule has 2 heteroatoms. The van der Waals surface area contributed by atoms with E-state index in [1.165, 1.54) is 19.3 Å². The summed E-state index contributed by atoms with van der Waals surface area (Å²) in [6.45, 7) is 5.97. The molecule has 4 saturated carbocycles. The van der Waals surface area contributed by atoms with Gasteiger partial charge in [0.2, 0.25) is 0 Å². The summed E-state index contributed by atoms with van der Waals surface area (Å²) in [7, 11) is 4.35. The molecule has 1 N–H and O–H groups in total. The van der Waals surface area contributed by atoms with Crippen molar-refractivity contribution in [3.05, 3.63) is 0 Å². The monoisotopic (exact) mass is 264 g/mol. The molecule has 4 rings (SSSR count). The van der Waals surface area contributed by atoms with Gasteiger partial charge >= 0.3 is 0 Å². The summed E-state index contributed by atoms with van der Waals surface area (Å²) >= 11 is 0. The zero-order valence-electron chi connectivity index (χ0n) is 13.3. The molecule has 19 heavy (non-hydrogen) atoms. The molecule has 0 saturated heterocycles. The van der Waals surface area contributed by atoms with Gasteiger partial charge in [0, 0.05) is 18.6 Å². The molecule has 4 aliphatic carbocycles. The maximum Gasteiger partial charge on any atom is 0.0169 e. The maximum atomic E-state index is 3.93. The Bertz CT molecular complexity index is 288. The van der Waals surface area contributed by atoms with Crippen LogP contribution in [0.4, 0.5) is 0 Å². The van der Waals surface area contributed by atoms with E-state index in [0.29, 0.717) is 17.5 Å². The summed E-state index contributed by atoms with van der Waals surface area (Å²) in [4.78, 5) is 2.30. The molecule has 2 unspecified atom stereocenters. The van der Waals surface area contributed by atoms with Crippen molar-refractivity contribution in [1.82, 2.24) is 10.2 Å². The number of rotatable bonds is 5. The fourth-order valence-electron chi connectivity index (χ4n) is 5.91. The first-order chi connectivity index (χ1) is 8.97. The second-order valence-corrected chi connectivity index (χ2v) is 8.33. The topological polar surface area (TPSA) is 15.3 Å². The van der Waals surface area contributed by atoms with E-state index in [1.54, 1.807) is 19.3 Å². The number of nitrogens with zero attached hydrogens (tertiary/aromatic N) is 1. The predicted molar refractivity (Wildman–Crippen MR) is 81.2 cm³/mol. The Morgan fingerprint density at radius 1 is 1.00 bits per heavy atom. The van der Waals surface area contributed by atoms with E-state index in [9.17, 15) is 0 Å². The molecule has 0 amide bonds. The summed E-state index contributed by atoms with van der Waals surface area (Å²) in [5, 5.41) is 3.93. The second-order valence-electron chi connectivity index (χ2n) is 8.33. The van der Waals surface area contributed by atoms with Gasteiger partial charge in [-0.05, 0) is 89.6 Å². The second kappa shape index (κ2) is 5.04. The smallest absolute Gasteiger partial charge is 0.0169 e. The van der Waals surface area contributed by atoms with Crippen molar-refractivity contribution in [3.8, 4) is 0 Å². The molecule has 0 spiro atoms. The fourth-order valence-corrected chi connectivity index (χ4v) is 5.91. The minimum Gasteiger partial charge on any atom is -0.310 e. The van der Waals surface area contributed by atoms with Crippen LogP contribution in [0.5, 0.6) is 0 Å². The van der Waals surface area contributed by atoms with Crippen LogP contribution < -0.4 is 5.32 Å². The van der Waals surface area contributed by atoms with E-state index in [1.807, 2.05) is 0 Å². The van der Waals surface area contributed by atoms with Gasteiger partial charge in [-0.15, -0.1) is 0 Å². The predicted octanol–water partition coefficient (Wildman–Crippen LogP) is 3.13. The molecule has 0 aromatic rings. The van der Waals surface area contributed by atoms with E-state index in [4.69, 9.17) is 0 Å². The van der Waals surface area contributed by atoms with E-state index >= 15 is 0 Å². The van der Waals surface area contributed by atoms with Gasteiger partial charge in [-0.25, -0.2) is 0 Å². The molecule has 0 aromatic heterocycles. The molecular formula is C17H32N2. The third-order valence-corrected chi connectivity index (χ3v) is 6.18. The van der Waals surface area contributed by atoms with Crippen LogP contribution in [0.15, 0.2) is 0 Å². The van der Waals surface area contributed by atoms with Crippen molar-refractivity contribution >= 4 is 0 Å². The molecule has 4 aliphatic rings. The van der Waals surface area contributed by atoms with Crippen LogP contribution in [-0.4, -0.2) is 37.6 Å². The highest BCUT2D eigenvalue weighted by molar-refractivity contribution is 5.05. The van der Waals surface area contributed by atoms with Crippen molar-refractivity contribution < 1.29 is 0 Å². The summed E-state index contributed by atoms with van der Waals surface area (Å²) < 4.78 is 0. The number of hydrogen-bond acceptors (Lipinski definition) is 2. The minimum atomic E-state index is 0.609. The van der Waals surface area contributed by atoms with Crippen molar-refractivity contribution in [3.63, 3.8) is 0 Å². The summed E-state index contributed by atoms with van der Waals surface area (Å²) in [5.74, 6) is 3.21. The van der Waals surface area contributed by atoms with E-state index < -0.39 is 0 Å². The number of likely N-dealkylation sites (N-methyl/N-ethyl adjacent to an activating group) is 1. The molecular weight excluding hydrogens is 232 g/mol. The molecule has 110 valence electrons. The van der Waals surface area contributed by atoms with Gasteiger partial charge in [0.05, 0.1) is 0 Å². The summed E-state index contributed by atoms with van der Waals surface area (Å²) in [6, 6.07) is 1.31. The highest BCUT2D eigenvalue weighted by Gasteiger charge is 2.53. The molecule has 4 fully saturated rings. The Morgan fingerprint density at radius 2 is 1.47 bits per heavy atom. The molecule has 0 aromatic carbocycles. The lowest BCUT2D eigenvalue weighted by Gasteiger charge is -2.59. The molecule has 2 atom stereocenters. The summed E-state index contributed by atoms with van der Waals surface area (Å²) in [5.41, 5.74) is 0.648. The lowest BCUT2D eigenvalue weighted by atomic mass is 9.48. The van der Waals surface area contributed by atoms with Crippen LogP contribution in [0.3, 0.4) is 0 Å². The van der Waals surface area contributed by atoms with Gasteiger partial charge in [0.15, 0.2) is 0 Å². The zero-order chi connectivity index (χ0) is 13.6. The lowest BCUT2D eigenvalue weighted by molar-refractivity contribution is -0.0721. The van der Waals surface area contributed by atoms with Crippen LogP contribution in [0, 0.1) is 23.2 Å². The quantitative estimate of drug-likeness (QED) is 0.821. The SMILES string of the molecule is CC(CN(C)C)NC(C)C12CC3CC(CC(C3)C1)C2. The van der Waals surface area contributed by atoms with Gasteiger partial charge in [0.1, 0.15) is 0 Å².